The molecule has 2 aromatic carbocycles. The van der Waals surface area contributed by atoms with Gasteiger partial charge >= 0.3 is 0 Å². The lowest BCUT2D eigenvalue weighted by molar-refractivity contribution is -0.117. The number of amides is 2. The number of hydrogen-bond acceptors (Lipinski definition) is 5. The van der Waals surface area contributed by atoms with E-state index >= 15 is 0 Å². The average molecular weight is 439 g/mol. The first-order valence-electron chi connectivity index (χ1n) is 9.80. The van der Waals surface area contributed by atoms with Gasteiger partial charge in [0.15, 0.2) is 5.13 Å². The molecular weight excluding hydrogens is 415 g/mol. The van der Waals surface area contributed by atoms with Gasteiger partial charge in [-0.25, -0.2) is 9.37 Å². The van der Waals surface area contributed by atoms with E-state index in [0.717, 1.165) is 18.7 Å². The maximum Gasteiger partial charge on any atom is 0.244 e. The molecule has 0 aliphatic rings. The Hall–Kier alpha value is -3.52. The van der Waals surface area contributed by atoms with Crippen molar-refractivity contribution in [3.05, 3.63) is 77.6 Å². The van der Waals surface area contributed by atoms with Crippen molar-refractivity contribution in [3.63, 3.8) is 0 Å². The molecule has 160 valence electrons. The highest BCUT2D eigenvalue weighted by Crippen LogP contribution is 2.30. The molecule has 0 aliphatic heterocycles. The van der Waals surface area contributed by atoms with Crippen molar-refractivity contribution in [3.8, 4) is 0 Å². The Bertz CT molecular complexity index is 1050. The first-order valence-corrected chi connectivity index (χ1v) is 10.7. The van der Waals surface area contributed by atoms with Crippen molar-refractivity contribution >= 4 is 45.7 Å². The van der Waals surface area contributed by atoms with Crippen LogP contribution in [0.4, 0.5) is 20.9 Å². The molecule has 2 N–H and O–H groups in total. The van der Waals surface area contributed by atoms with Crippen molar-refractivity contribution < 1.29 is 14.0 Å². The highest BCUT2D eigenvalue weighted by molar-refractivity contribution is 7.14. The first kappa shape index (κ1) is 22.2. The Labute approximate surface area is 184 Å². The smallest absolute Gasteiger partial charge is 0.244 e. The molecule has 3 aromatic rings. The van der Waals surface area contributed by atoms with Crippen LogP contribution >= 0.6 is 11.3 Å². The van der Waals surface area contributed by atoms with Crippen molar-refractivity contribution in [2.45, 2.75) is 13.3 Å². The van der Waals surface area contributed by atoms with Crippen LogP contribution in [0.15, 0.2) is 66.1 Å². The molecule has 0 spiro atoms. The molecular formula is C23H23FN4O2S. The number of halogens is 1. The number of hydrogen-bond donors (Lipinski definition) is 2. The van der Waals surface area contributed by atoms with Crippen LogP contribution in [0.2, 0.25) is 0 Å². The normalized spacial score (nSPS) is 10.8. The number of para-hydroxylation sites is 2. The molecule has 0 atom stereocenters. The standard InChI is InChI=1S/C23H23FN4O2S/c1-17(29)28(21-11-6-5-10-20(21)24)23-27-19(16-31-23)12-13-22(30)26-15-7-14-25-18-8-3-2-4-9-18/h2-6,8-13,16,25H,7,14-15H2,1H3,(H,26,30). The fourth-order valence-corrected chi connectivity index (χ4v) is 3.65. The zero-order valence-corrected chi connectivity index (χ0v) is 17.9. The van der Waals surface area contributed by atoms with E-state index in [2.05, 4.69) is 15.6 Å². The Kier molecular flexibility index (Phi) is 7.89. The fourth-order valence-electron chi connectivity index (χ4n) is 2.80. The van der Waals surface area contributed by atoms with E-state index in [1.54, 1.807) is 23.6 Å². The van der Waals surface area contributed by atoms with E-state index in [0.29, 0.717) is 17.4 Å². The number of carbonyl (C=O) groups excluding carboxylic acids is 2. The SMILES string of the molecule is CC(=O)N(c1nc(C=CC(=O)NCCCNc2ccccc2)cs1)c1ccccc1F. The van der Waals surface area contributed by atoms with Crippen LogP contribution in [-0.2, 0) is 9.59 Å². The summed E-state index contributed by atoms with van der Waals surface area (Å²) in [5.41, 5.74) is 1.70. The van der Waals surface area contributed by atoms with Crippen molar-refractivity contribution in [2.24, 2.45) is 0 Å². The van der Waals surface area contributed by atoms with E-state index in [-0.39, 0.29) is 17.5 Å². The molecule has 1 heterocycles. The minimum Gasteiger partial charge on any atom is -0.385 e. The van der Waals surface area contributed by atoms with Crippen LogP contribution in [0, 0.1) is 5.82 Å². The second kappa shape index (κ2) is 11.0. The van der Waals surface area contributed by atoms with Gasteiger partial charge in [0.1, 0.15) is 5.82 Å². The summed E-state index contributed by atoms with van der Waals surface area (Å²) in [6.45, 7) is 2.64. The fraction of sp³-hybridized carbons (Fsp3) is 0.174. The van der Waals surface area contributed by atoms with E-state index in [1.807, 2.05) is 30.3 Å². The summed E-state index contributed by atoms with van der Waals surface area (Å²) >= 11 is 1.20. The molecule has 0 bridgehead atoms. The maximum atomic E-state index is 14.1. The molecule has 31 heavy (non-hydrogen) atoms. The van der Waals surface area contributed by atoms with Crippen molar-refractivity contribution in [1.82, 2.24) is 10.3 Å². The maximum absolute atomic E-state index is 14.1. The molecule has 2 amide bonds. The topological polar surface area (TPSA) is 74.3 Å². The second-order valence-electron chi connectivity index (χ2n) is 6.63. The third-order valence-electron chi connectivity index (χ3n) is 4.27. The van der Waals surface area contributed by atoms with Gasteiger partial charge in [-0.2, -0.15) is 0 Å². The first-order chi connectivity index (χ1) is 15.0. The number of benzene rings is 2. The minimum absolute atomic E-state index is 0.140. The lowest BCUT2D eigenvalue weighted by Crippen LogP contribution is -2.24. The Balaban J connectivity index is 1.50. The van der Waals surface area contributed by atoms with Crippen LogP contribution in [0.25, 0.3) is 6.08 Å². The molecule has 8 heteroatoms. The highest BCUT2D eigenvalue weighted by atomic mass is 32.1. The lowest BCUT2D eigenvalue weighted by atomic mass is 10.3. The van der Waals surface area contributed by atoms with Crippen molar-refractivity contribution in [1.29, 1.82) is 0 Å². The predicted octanol–water partition coefficient (Wildman–Crippen LogP) is 4.60. The monoisotopic (exact) mass is 438 g/mol. The molecule has 0 radical (unpaired) electrons. The molecule has 0 saturated heterocycles. The summed E-state index contributed by atoms with van der Waals surface area (Å²) in [7, 11) is 0. The molecule has 0 aliphatic carbocycles. The molecule has 0 unspecified atom stereocenters. The summed E-state index contributed by atoms with van der Waals surface area (Å²) in [5, 5.41) is 8.14. The number of carbonyl (C=O) groups is 2. The quantitative estimate of drug-likeness (QED) is 0.378. The Morgan fingerprint density at radius 1 is 1.10 bits per heavy atom. The summed E-state index contributed by atoms with van der Waals surface area (Å²) in [6.07, 6.45) is 3.74. The zero-order valence-electron chi connectivity index (χ0n) is 17.0. The van der Waals surface area contributed by atoms with Crippen molar-refractivity contribution in [2.75, 3.05) is 23.3 Å². The second-order valence-corrected chi connectivity index (χ2v) is 7.47. The van der Waals surface area contributed by atoms with Gasteiger partial charge in [-0.3, -0.25) is 14.5 Å². The predicted molar refractivity (Wildman–Crippen MR) is 123 cm³/mol. The van der Waals surface area contributed by atoms with Crippen LogP contribution in [0.1, 0.15) is 19.0 Å². The number of thiazole rings is 1. The molecule has 1 aromatic heterocycles. The van der Waals surface area contributed by atoms with E-state index < -0.39 is 5.82 Å². The number of rotatable bonds is 9. The average Bonchev–Trinajstić information content (AvgIpc) is 3.22. The largest absolute Gasteiger partial charge is 0.385 e. The van der Waals surface area contributed by atoms with Gasteiger partial charge in [0.2, 0.25) is 11.8 Å². The summed E-state index contributed by atoms with van der Waals surface area (Å²) in [4.78, 5) is 29.6. The minimum atomic E-state index is -0.508. The van der Waals surface area contributed by atoms with E-state index in [9.17, 15) is 14.0 Å². The van der Waals surface area contributed by atoms with Crippen LogP contribution in [-0.4, -0.2) is 29.9 Å². The highest BCUT2D eigenvalue weighted by Gasteiger charge is 2.20. The van der Waals surface area contributed by atoms with E-state index in [1.165, 1.54) is 41.4 Å². The zero-order chi connectivity index (χ0) is 22.1. The summed E-state index contributed by atoms with van der Waals surface area (Å²) in [6, 6.07) is 15.9. The number of aromatic nitrogens is 1. The van der Waals surface area contributed by atoms with Gasteiger partial charge in [0.25, 0.3) is 0 Å². The molecule has 0 saturated carbocycles. The van der Waals surface area contributed by atoms with Gasteiger partial charge in [0, 0.05) is 37.2 Å². The summed E-state index contributed by atoms with van der Waals surface area (Å²) < 4.78 is 14.1. The Morgan fingerprint density at radius 3 is 2.58 bits per heavy atom. The third-order valence-corrected chi connectivity index (χ3v) is 5.11. The van der Waals surface area contributed by atoms with Gasteiger partial charge in [-0.1, -0.05) is 30.3 Å². The van der Waals surface area contributed by atoms with Gasteiger partial charge < -0.3 is 10.6 Å². The summed E-state index contributed by atoms with van der Waals surface area (Å²) in [5.74, 6) is -1.09. The van der Waals surface area contributed by atoms with Crippen LogP contribution in [0.3, 0.4) is 0 Å². The van der Waals surface area contributed by atoms with Crippen LogP contribution in [0.5, 0.6) is 0 Å². The third kappa shape index (κ3) is 6.48. The lowest BCUT2D eigenvalue weighted by Gasteiger charge is -2.18. The van der Waals surface area contributed by atoms with Gasteiger partial charge in [-0.15, -0.1) is 11.3 Å². The Morgan fingerprint density at radius 2 is 1.84 bits per heavy atom. The van der Waals surface area contributed by atoms with E-state index in [4.69, 9.17) is 0 Å². The molecule has 0 fully saturated rings. The number of nitrogens with one attached hydrogen (secondary N) is 2. The number of nitrogens with zero attached hydrogens (tertiary/aromatic N) is 2. The van der Waals surface area contributed by atoms with Gasteiger partial charge in [0.05, 0.1) is 11.4 Å². The number of anilines is 3. The van der Waals surface area contributed by atoms with Crippen LogP contribution < -0.4 is 15.5 Å². The van der Waals surface area contributed by atoms with Gasteiger partial charge in [-0.05, 0) is 36.8 Å². The molecule has 6 nitrogen and oxygen atoms in total. The molecule has 3 rings (SSSR count).